The maximum atomic E-state index is 10.5. The third-order valence-electron chi connectivity index (χ3n) is 4.08. The topological polar surface area (TPSA) is 85.5 Å². The maximum absolute atomic E-state index is 10.5. The lowest BCUT2D eigenvalue weighted by molar-refractivity contribution is 0.469. The van der Waals surface area contributed by atoms with Crippen LogP contribution in [0.1, 0.15) is 27.8 Å². The van der Waals surface area contributed by atoms with Gasteiger partial charge in [-0.1, -0.05) is 18.2 Å². The summed E-state index contributed by atoms with van der Waals surface area (Å²) in [6, 6.07) is 11.1. The van der Waals surface area contributed by atoms with Crippen molar-refractivity contribution in [2.75, 3.05) is 5.43 Å². The summed E-state index contributed by atoms with van der Waals surface area (Å²) in [7, 11) is 0. The monoisotopic (exact) mass is 346 g/mol. The normalized spacial score (nSPS) is 10.9. The van der Waals surface area contributed by atoms with Gasteiger partial charge in [-0.05, 0) is 72.7 Å². The number of nitriles is 1. The number of nitrogens with one attached hydrogen (secondary N) is 1. The summed E-state index contributed by atoms with van der Waals surface area (Å²) in [5.74, 6) is 0.278. The van der Waals surface area contributed by atoms with Gasteiger partial charge < -0.3 is 5.11 Å². The molecule has 0 bridgehead atoms. The van der Waals surface area contributed by atoms with Gasteiger partial charge in [0.15, 0.2) is 0 Å². The molecule has 0 unspecified atom stereocenters. The molecule has 0 aliphatic heterocycles. The Morgan fingerprint density at radius 2 is 2.00 bits per heavy atom. The molecule has 5 heteroatoms. The van der Waals surface area contributed by atoms with Gasteiger partial charge in [0.05, 0.1) is 5.69 Å². The Morgan fingerprint density at radius 1 is 1.31 bits per heavy atom. The summed E-state index contributed by atoms with van der Waals surface area (Å²) in [5, 5.41) is 22.3. The van der Waals surface area contributed by atoms with Crippen molar-refractivity contribution in [3.8, 4) is 11.8 Å². The molecule has 0 spiro atoms. The third-order valence-corrected chi connectivity index (χ3v) is 4.08. The molecule has 2 aromatic carbocycles. The molecule has 2 aromatic rings. The van der Waals surface area contributed by atoms with E-state index < -0.39 is 0 Å². The highest BCUT2D eigenvalue weighted by atomic mass is 16.3. The SMILES string of the molecule is C=CCc1cc(Cc2c(C)cc(NN=C([C]=O)C#N)cc2C)ccc1O. The van der Waals surface area contributed by atoms with Crippen molar-refractivity contribution in [1.82, 2.24) is 0 Å². The quantitative estimate of drug-likeness (QED) is 0.454. The summed E-state index contributed by atoms with van der Waals surface area (Å²) >= 11 is 0. The highest BCUT2D eigenvalue weighted by Crippen LogP contribution is 2.26. The smallest absolute Gasteiger partial charge is 0.266 e. The molecule has 0 saturated carbocycles. The fourth-order valence-electron chi connectivity index (χ4n) is 2.80. The Hall–Kier alpha value is -3.39. The van der Waals surface area contributed by atoms with E-state index in [0.29, 0.717) is 12.1 Å². The number of benzene rings is 2. The molecule has 0 fully saturated rings. The van der Waals surface area contributed by atoms with Crippen molar-refractivity contribution in [3.05, 3.63) is 70.8 Å². The predicted molar refractivity (Wildman–Crippen MR) is 103 cm³/mol. The number of nitrogens with zero attached hydrogens (tertiary/aromatic N) is 2. The lowest BCUT2D eigenvalue weighted by atomic mass is 9.94. The summed E-state index contributed by atoms with van der Waals surface area (Å²) in [4.78, 5) is 10.5. The van der Waals surface area contributed by atoms with Gasteiger partial charge in [-0.3, -0.25) is 10.2 Å². The first-order chi connectivity index (χ1) is 12.5. The van der Waals surface area contributed by atoms with Crippen molar-refractivity contribution in [2.24, 2.45) is 5.10 Å². The van der Waals surface area contributed by atoms with Gasteiger partial charge in [-0.2, -0.15) is 10.4 Å². The Bertz CT molecular complexity index is 885. The van der Waals surface area contributed by atoms with Crippen LogP contribution in [0.25, 0.3) is 0 Å². The summed E-state index contributed by atoms with van der Waals surface area (Å²) < 4.78 is 0. The molecule has 2 rings (SSSR count). The molecule has 0 saturated heterocycles. The molecule has 131 valence electrons. The Morgan fingerprint density at radius 3 is 2.58 bits per heavy atom. The largest absolute Gasteiger partial charge is 0.508 e. The Balaban J connectivity index is 2.27. The standard InChI is InChI=1S/C21H20N3O2/c1-4-5-17-10-16(6-7-21(17)26)11-20-14(2)8-18(9-15(20)3)23-24-19(12-22)13-25/h4,6-10,23,26H,1,5,11H2,2-3H3. The summed E-state index contributed by atoms with van der Waals surface area (Å²) in [6.07, 6.45) is 4.58. The fraction of sp³-hybridized carbons (Fsp3) is 0.190. The van der Waals surface area contributed by atoms with E-state index in [1.54, 1.807) is 18.2 Å². The summed E-state index contributed by atoms with van der Waals surface area (Å²) in [5.41, 5.74) is 8.35. The number of allylic oxidation sites excluding steroid dienone is 1. The number of rotatable bonds is 7. The second-order valence-electron chi connectivity index (χ2n) is 6.01. The minimum atomic E-state index is -0.330. The van der Waals surface area contributed by atoms with Gasteiger partial charge >= 0.3 is 0 Å². The lowest BCUT2D eigenvalue weighted by Gasteiger charge is -2.14. The molecular weight excluding hydrogens is 326 g/mol. The van der Waals surface area contributed by atoms with Crippen LogP contribution in [-0.2, 0) is 17.6 Å². The molecular formula is C21H20N3O2. The van der Waals surface area contributed by atoms with E-state index in [-0.39, 0.29) is 11.5 Å². The third kappa shape index (κ3) is 4.58. The molecule has 0 heterocycles. The van der Waals surface area contributed by atoms with Crippen LogP contribution in [0.15, 0.2) is 48.1 Å². The van der Waals surface area contributed by atoms with Crippen LogP contribution >= 0.6 is 0 Å². The molecule has 1 radical (unpaired) electrons. The first kappa shape index (κ1) is 18.9. The predicted octanol–water partition coefficient (Wildman–Crippen LogP) is 3.73. The number of hydrogen-bond acceptors (Lipinski definition) is 5. The minimum Gasteiger partial charge on any atom is -0.508 e. The molecule has 0 amide bonds. The van der Waals surface area contributed by atoms with E-state index in [2.05, 4.69) is 17.1 Å². The van der Waals surface area contributed by atoms with Crippen LogP contribution in [0.5, 0.6) is 5.75 Å². The average molecular weight is 346 g/mol. The van der Waals surface area contributed by atoms with Crippen LogP contribution in [0.4, 0.5) is 5.69 Å². The maximum Gasteiger partial charge on any atom is 0.266 e. The zero-order chi connectivity index (χ0) is 19.1. The average Bonchev–Trinajstić information content (AvgIpc) is 2.62. The van der Waals surface area contributed by atoms with Crippen LogP contribution in [0.3, 0.4) is 0 Å². The first-order valence-electron chi connectivity index (χ1n) is 8.12. The molecule has 0 aliphatic carbocycles. The van der Waals surface area contributed by atoms with Crippen LogP contribution < -0.4 is 5.43 Å². The van der Waals surface area contributed by atoms with E-state index in [1.807, 2.05) is 38.1 Å². The van der Waals surface area contributed by atoms with E-state index in [9.17, 15) is 9.90 Å². The highest BCUT2D eigenvalue weighted by molar-refractivity contribution is 6.36. The molecule has 0 aromatic heterocycles. The van der Waals surface area contributed by atoms with E-state index in [1.165, 1.54) is 11.8 Å². The van der Waals surface area contributed by atoms with Gasteiger partial charge in [0.2, 0.25) is 5.71 Å². The van der Waals surface area contributed by atoms with Gasteiger partial charge in [0.1, 0.15) is 11.8 Å². The number of hydrogen-bond donors (Lipinski definition) is 2. The van der Waals surface area contributed by atoms with Gasteiger partial charge in [0.25, 0.3) is 6.29 Å². The zero-order valence-corrected chi connectivity index (χ0v) is 14.8. The van der Waals surface area contributed by atoms with Crippen LogP contribution in [-0.4, -0.2) is 17.1 Å². The Labute approximate surface area is 153 Å². The Kier molecular flexibility index (Phi) is 6.29. The number of anilines is 1. The number of phenolic OH excluding ortho intramolecular Hbond substituents is 1. The number of carbonyl (C=O) groups excluding carboxylic acids is 1. The molecule has 5 nitrogen and oxygen atoms in total. The van der Waals surface area contributed by atoms with Crippen LogP contribution in [0, 0.1) is 25.2 Å². The van der Waals surface area contributed by atoms with Crippen LogP contribution in [0.2, 0.25) is 0 Å². The number of phenols is 1. The second-order valence-corrected chi connectivity index (χ2v) is 6.01. The van der Waals surface area contributed by atoms with Gasteiger partial charge in [-0.25, -0.2) is 0 Å². The van der Waals surface area contributed by atoms with E-state index >= 15 is 0 Å². The molecule has 26 heavy (non-hydrogen) atoms. The first-order valence-corrected chi connectivity index (χ1v) is 8.12. The van der Waals surface area contributed by atoms with Crippen molar-refractivity contribution in [3.63, 3.8) is 0 Å². The van der Waals surface area contributed by atoms with Crippen molar-refractivity contribution < 1.29 is 9.90 Å². The fourth-order valence-corrected chi connectivity index (χ4v) is 2.80. The van der Waals surface area contributed by atoms with Crippen molar-refractivity contribution in [2.45, 2.75) is 26.7 Å². The van der Waals surface area contributed by atoms with Crippen molar-refractivity contribution in [1.29, 1.82) is 5.26 Å². The molecule has 0 aliphatic rings. The second kappa shape index (κ2) is 8.63. The van der Waals surface area contributed by atoms with Gasteiger partial charge in [0, 0.05) is 0 Å². The number of aryl methyl sites for hydroxylation is 2. The molecule has 2 N–H and O–H groups in total. The van der Waals surface area contributed by atoms with Crippen molar-refractivity contribution >= 4 is 17.7 Å². The van der Waals surface area contributed by atoms with Gasteiger partial charge in [-0.15, -0.1) is 6.58 Å². The summed E-state index contributed by atoms with van der Waals surface area (Å²) in [6.45, 7) is 7.72. The highest BCUT2D eigenvalue weighted by Gasteiger charge is 2.09. The van der Waals surface area contributed by atoms with E-state index in [4.69, 9.17) is 5.26 Å². The molecule has 0 atom stereocenters. The number of hydrazone groups is 1. The minimum absolute atomic E-state index is 0.278. The van der Waals surface area contributed by atoms with E-state index in [0.717, 1.165) is 28.7 Å². The zero-order valence-electron chi connectivity index (χ0n) is 14.8. The number of aromatic hydroxyl groups is 1. The lowest BCUT2D eigenvalue weighted by Crippen LogP contribution is -2.02.